The lowest BCUT2D eigenvalue weighted by Gasteiger charge is -2.12. The maximum absolute atomic E-state index is 5.75. The Hall–Kier alpha value is -2.50. The molecule has 0 atom stereocenters. The zero-order valence-electron chi connectivity index (χ0n) is 17.0. The highest BCUT2D eigenvalue weighted by Crippen LogP contribution is 2.15. The van der Waals surface area contributed by atoms with Gasteiger partial charge in [-0.15, -0.1) is 0 Å². The molecule has 1 heterocycles. The second kappa shape index (κ2) is 11.3. The van der Waals surface area contributed by atoms with Crippen molar-refractivity contribution in [3.8, 4) is 5.75 Å². The standard InChI is InChI=1S/C21H32N4O2/c1-5-19-18(20(6-2)27-25-19)15-24-21(22-4)23-13-7-8-14-26-17-11-9-16(3)10-12-17/h9-12H,5-8,13-15H2,1-4H3,(H2,22,23,24). The molecule has 27 heavy (non-hydrogen) atoms. The number of nitrogens with zero attached hydrogens (tertiary/aromatic N) is 2. The molecule has 0 spiro atoms. The molecule has 0 saturated heterocycles. The number of aromatic nitrogens is 1. The van der Waals surface area contributed by atoms with Crippen molar-refractivity contribution in [2.24, 2.45) is 4.99 Å². The summed E-state index contributed by atoms with van der Waals surface area (Å²) in [5.74, 6) is 2.67. The van der Waals surface area contributed by atoms with Gasteiger partial charge in [-0.05, 0) is 38.3 Å². The smallest absolute Gasteiger partial charge is 0.191 e. The summed E-state index contributed by atoms with van der Waals surface area (Å²) in [6, 6.07) is 8.16. The van der Waals surface area contributed by atoms with Crippen molar-refractivity contribution in [3.05, 3.63) is 46.8 Å². The highest BCUT2D eigenvalue weighted by atomic mass is 16.5. The molecule has 0 aliphatic carbocycles. The first kappa shape index (κ1) is 20.8. The molecule has 0 aliphatic heterocycles. The minimum absolute atomic E-state index is 0.673. The monoisotopic (exact) mass is 372 g/mol. The fourth-order valence-corrected chi connectivity index (χ4v) is 2.79. The summed E-state index contributed by atoms with van der Waals surface area (Å²) >= 11 is 0. The van der Waals surface area contributed by atoms with Crippen molar-refractivity contribution < 1.29 is 9.26 Å². The average molecular weight is 373 g/mol. The average Bonchev–Trinajstić information content (AvgIpc) is 3.10. The Balaban J connectivity index is 1.65. The van der Waals surface area contributed by atoms with Crippen molar-refractivity contribution in [1.82, 2.24) is 15.8 Å². The van der Waals surface area contributed by atoms with Gasteiger partial charge < -0.3 is 19.9 Å². The normalized spacial score (nSPS) is 11.5. The number of benzene rings is 1. The van der Waals surface area contributed by atoms with Crippen LogP contribution in [-0.4, -0.2) is 31.3 Å². The van der Waals surface area contributed by atoms with E-state index in [1.54, 1.807) is 7.05 Å². The van der Waals surface area contributed by atoms with Crippen molar-refractivity contribution in [3.63, 3.8) is 0 Å². The van der Waals surface area contributed by atoms with Crippen LogP contribution in [0.3, 0.4) is 0 Å². The molecule has 148 valence electrons. The molecule has 2 aromatic rings. The van der Waals surface area contributed by atoms with Crippen LogP contribution < -0.4 is 15.4 Å². The predicted octanol–water partition coefficient (Wildman–Crippen LogP) is 3.63. The van der Waals surface area contributed by atoms with Crippen LogP contribution in [0.4, 0.5) is 0 Å². The third kappa shape index (κ3) is 6.62. The molecule has 0 radical (unpaired) electrons. The first-order valence-corrected chi connectivity index (χ1v) is 9.78. The van der Waals surface area contributed by atoms with Gasteiger partial charge in [0.2, 0.25) is 0 Å². The summed E-state index contributed by atoms with van der Waals surface area (Å²) in [6.45, 7) is 8.48. The molecule has 0 fully saturated rings. The van der Waals surface area contributed by atoms with Gasteiger partial charge in [0.05, 0.1) is 12.3 Å². The summed E-state index contributed by atoms with van der Waals surface area (Å²) in [6.07, 6.45) is 3.72. The lowest BCUT2D eigenvalue weighted by Crippen LogP contribution is -2.37. The second-order valence-electron chi connectivity index (χ2n) is 6.46. The van der Waals surface area contributed by atoms with E-state index < -0.39 is 0 Å². The van der Waals surface area contributed by atoms with Gasteiger partial charge in [0.15, 0.2) is 5.96 Å². The molecule has 0 saturated carbocycles. The van der Waals surface area contributed by atoms with Crippen molar-refractivity contribution in [2.45, 2.75) is 53.0 Å². The third-order valence-electron chi connectivity index (χ3n) is 4.42. The van der Waals surface area contributed by atoms with Gasteiger partial charge in [-0.2, -0.15) is 0 Å². The molecule has 6 nitrogen and oxygen atoms in total. The van der Waals surface area contributed by atoms with Crippen LogP contribution in [0.25, 0.3) is 0 Å². The number of hydrogen-bond donors (Lipinski definition) is 2. The number of rotatable bonds is 10. The van der Waals surface area contributed by atoms with Gasteiger partial charge in [-0.25, -0.2) is 0 Å². The molecule has 1 aromatic carbocycles. The Morgan fingerprint density at radius 3 is 2.56 bits per heavy atom. The highest BCUT2D eigenvalue weighted by Gasteiger charge is 2.13. The number of aliphatic imine (C=N–C) groups is 1. The van der Waals surface area contributed by atoms with Gasteiger partial charge in [-0.3, -0.25) is 4.99 Å². The van der Waals surface area contributed by atoms with Crippen LogP contribution in [0.5, 0.6) is 5.75 Å². The van der Waals surface area contributed by atoms with Crippen LogP contribution in [-0.2, 0) is 19.4 Å². The summed E-state index contributed by atoms with van der Waals surface area (Å²) in [5, 5.41) is 10.8. The van der Waals surface area contributed by atoms with E-state index in [0.717, 1.165) is 67.6 Å². The highest BCUT2D eigenvalue weighted by molar-refractivity contribution is 5.79. The molecule has 0 unspecified atom stereocenters. The summed E-state index contributed by atoms with van der Waals surface area (Å²) < 4.78 is 11.2. The molecule has 0 aliphatic rings. The Bertz CT molecular complexity index is 686. The fourth-order valence-electron chi connectivity index (χ4n) is 2.79. The van der Waals surface area contributed by atoms with E-state index in [2.05, 4.69) is 53.7 Å². The van der Waals surface area contributed by atoms with Crippen LogP contribution in [0.15, 0.2) is 33.8 Å². The van der Waals surface area contributed by atoms with Crippen molar-refractivity contribution >= 4 is 5.96 Å². The number of hydrogen-bond acceptors (Lipinski definition) is 4. The van der Waals surface area contributed by atoms with E-state index in [9.17, 15) is 0 Å². The first-order valence-electron chi connectivity index (χ1n) is 9.78. The maximum Gasteiger partial charge on any atom is 0.191 e. The molecule has 0 amide bonds. The van der Waals surface area contributed by atoms with Gasteiger partial charge >= 0.3 is 0 Å². The number of nitrogens with one attached hydrogen (secondary N) is 2. The summed E-state index contributed by atoms with van der Waals surface area (Å²) in [4.78, 5) is 4.28. The zero-order valence-corrected chi connectivity index (χ0v) is 17.0. The van der Waals surface area contributed by atoms with Crippen LogP contribution in [0, 0.1) is 6.92 Å². The Labute approximate surface area is 162 Å². The molecule has 0 bridgehead atoms. The number of aryl methyl sites for hydroxylation is 3. The van der Waals surface area contributed by atoms with Crippen molar-refractivity contribution in [2.75, 3.05) is 20.2 Å². The molecule has 2 rings (SSSR count). The molecule has 6 heteroatoms. The van der Waals surface area contributed by atoms with Gasteiger partial charge in [0.1, 0.15) is 11.5 Å². The van der Waals surface area contributed by atoms with Crippen LogP contribution >= 0.6 is 0 Å². The molecular formula is C21H32N4O2. The van der Waals surface area contributed by atoms with Gasteiger partial charge in [0.25, 0.3) is 0 Å². The number of guanidine groups is 1. The summed E-state index contributed by atoms with van der Waals surface area (Å²) in [7, 11) is 1.78. The SMILES string of the molecule is CCc1noc(CC)c1CNC(=NC)NCCCCOc1ccc(C)cc1. The van der Waals surface area contributed by atoms with E-state index in [1.807, 2.05) is 12.1 Å². The third-order valence-corrected chi connectivity index (χ3v) is 4.42. The minimum atomic E-state index is 0.673. The first-order chi connectivity index (χ1) is 13.2. The topological polar surface area (TPSA) is 71.7 Å². The Morgan fingerprint density at radius 1 is 1.11 bits per heavy atom. The van der Waals surface area contributed by atoms with E-state index in [1.165, 1.54) is 5.56 Å². The predicted molar refractivity (Wildman–Crippen MR) is 109 cm³/mol. The lowest BCUT2D eigenvalue weighted by molar-refractivity contribution is 0.307. The van der Waals surface area contributed by atoms with E-state index in [4.69, 9.17) is 9.26 Å². The van der Waals surface area contributed by atoms with E-state index >= 15 is 0 Å². The Morgan fingerprint density at radius 2 is 1.89 bits per heavy atom. The molecular weight excluding hydrogens is 340 g/mol. The summed E-state index contributed by atoms with van der Waals surface area (Å²) in [5.41, 5.74) is 3.41. The van der Waals surface area contributed by atoms with E-state index in [0.29, 0.717) is 6.54 Å². The minimum Gasteiger partial charge on any atom is -0.494 e. The van der Waals surface area contributed by atoms with Crippen LogP contribution in [0.2, 0.25) is 0 Å². The molecule has 1 aromatic heterocycles. The lowest BCUT2D eigenvalue weighted by atomic mass is 10.1. The maximum atomic E-state index is 5.75. The number of unbranched alkanes of at least 4 members (excludes halogenated alkanes) is 1. The van der Waals surface area contributed by atoms with Gasteiger partial charge in [-0.1, -0.05) is 36.7 Å². The quantitative estimate of drug-likeness (QED) is 0.378. The molecule has 2 N–H and O–H groups in total. The van der Waals surface area contributed by atoms with Gasteiger partial charge in [0, 0.05) is 32.1 Å². The van der Waals surface area contributed by atoms with Crippen molar-refractivity contribution in [1.29, 1.82) is 0 Å². The van der Waals surface area contributed by atoms with Crippen LogP contribution in [0.1, 0.15) is 49.3 Å². The van der Waals surface area contributed by atoms with E-state index in [-0.39, 0.29) is 0 Å². The zero-order chi connectivity index (χ0) is 19.5. The fraction of sp³-hybridized carbons (Fsp3) is 0.524. The second-order valence-corrected chi connectivity index (χ2v) is 6.46. The number of ether oxygens (including phenoxy) is 1. The Kier molecular flexibility index (Phi) is 8.68. The largest absolute Gasteiger partial charge is 0.494 e.